The predicted octanol–water partition coefficient (Wildman–Crippen LogP) is 6.71. The highest BCUT2D eigenvalue weighted by Gasteiger charge is 2.23. The number of fused-ring (bicyclic) bond motifs is 1. The van der Waals surface area contributed by atoms with E-state index in [2.05, 4.69) is 49.2 Å². The van der Waals surface area contributed by atoms with Crippen LogP contribution in [0.25, 0.3) is 10.9 Å². The first-order valence-corrected chi connectivity index (χ1v) is 13.6. The minimum Gasteiger partial charge on any atom is -0.340 e. The Bertz CT molecular complexity index is 1600. The van der Waals surface area contributed by atoms with Crippen molar-refractivity contribution in [2.24, 2.45) is 0 Å². The molecule has 10 heteroatoms. The molecule has 1 aliphatic heterocycles. The molecule has 3 heterocycles. The van der Waals surface area contributed by atoms with Gasteiger partial charge in [-0.05, 0) is 73.8 Å². The lowest BCUT2D eigenvalue weighted by molar-refractivity contribution is 0.337. The van der Waals surface area contributed by atoms with E-state index in [-0.39, 0.29) is 10.9 Å². The Morgan fingerprint density at radius 2 is 1.82 bits per heavy atom. The van der Waals surface area contributed by atoms with E-state index in [0.717, 1.165) is 48.1 Å². The molecular formula is C29H26Cl2FN7. The van der Waals surface area contributed by atoms with E-state index in [0.29, 0.717) is 34.5 Å². The summed E-state index contributed by atoms with van der Waals surface area (Å²) in [6.07, 6.45) is 6.27. The fraction of sp³-hybridized carbons (Fsp3) is 0.241. The summed E-state index contributed by atoms with van der Waals surface area (Å²) in [6, 6.07) is 19.1. The Morgan fingerprint density at radius 1 is 1.00 bits per heavy atom. The standard InChI is InChI=1S/C29H26Cl2FN7/c30-24-15-20(6-7-26(24)32)36-29-23-13-18(14-25(31)28(23)34-17-35-29)12-22(19-4-2-1-3-5-19)27-16-39(38-37-27)21-8-10-33-11-9-21/h1-7,13-17,21-22,33H,8-12H2,(H,34,35,36)/t22-/m0/s1. The Hall–Kier alpha value is -3.59. The van der Waals surface area contributed by atoms with Crippen LogP contribution < -0.4 is 10.6 Å². The lowest BCUT2D eigenvalue weighted by Crippen LogP contribution is -2.29. The summed E-state index contributed by atoms with van der Waals surface area (Å²) in [5, 5.41) is 17.1. The van der Waals surface area contributed by atoms with Gasteiger partial charge in [-0.25, -0.2) is 19.0 Å². The molecular weight excluding hydrogens is 536 g/mol. The van der Waals surface area contributed by atoms with Gasteiger partial charge in [-0.15, -0.1) is 5.10 Å². The zero-order chi connectivity index (χ0) is 26.8. The Labute approximate surface area is 235 Å². The van der Waals surface area contributed by atoms with Crippen LogP contribution in [0.5, 0.6) is 0 Å². The number of nitrogens with one attached hydrogen (secondary N) is 2. The number of nitrogens with zero attached hydrogens (tertiary/aromatic N) is 5. The van der Waals surface area contributed by atoms with Crippen molar-refractivity contribution in [3.8, 4) is 0 Å². The van der Waals surface area contributed by atoms with E-state index in [9.17, 15) is 4.39 Å². The van der Waals surface area contributed by atoms with E-state index in [1.807, 2.05) is 35.0 Å². The highest BCUT2D eigenvalue weighted by molar-refractivity contribution is 6.35. The fourth-order valence-electron chi connectivity index (χ4n) is 5.12. The van der Waals surface area contributed by atoms with Gasteiger partial charge < -0.3 is 10.6 Å². The van der Waals surface area contributed by atoms with Crippen molar-refractivity contribution in [1.82, 2.24) is 30.3 Å². The van der Waals surface area contributed by atoms with Gasteiger partial charge >= 0.3 is 0 Å². The molecule has 6 rings (SSSR count). The fourth-order valence-corrected chi connectivity index (χ4v) is 5.59. The average molecular weight is 562 g/mol. The molecule has 3 aromatic carbocycles. The molecule has 2 aromatic heterocycles. The molecule has 1 aliphatic rings. The Kier molecular flexibility index (Phi) is 7.41. The number of hydrogen-bond donors (Lipinski definition) is 2. The van der Waals surface area contributed by atoms with Crippen molar-refractivity contribution in [1.29, 1.82) is 0 Å². The number of piperidine rings is 1. The van der Waals surface area contributed by atoms with Gasteiger partial charge in [0, 0.05) is 23.2 Å². The summed E-state index contributed by atoms with van der Waals surface area (Å²) in [7, 11) is 0. The zero-order valence-electron chi connectivity index (χ0n) is 21.0. The van der Waals surface area contributed by atoms with Crippen LogP contribution in [0.15, 0.2) is 73.2 Å². The molecule has 39 heavy (non-hydrogen) atoms. The highest BCUT2D eigenvalue weighted by atomic mass is 35.5. The van der Waals surface area contributed by atoms with Crippen LogP contribution in [-0.4, -0.2) is 38.1 Å². The second-order valence-corrected chi connectivity index (χ2v) is 10.5. The summed E-state index contributed by atoms with van der Waals surface area (Å²) in [6.45, 7) is 1.97. The monoisotopic (exact) mass is 561 g/mol. The summed E-state index contributed by atoms with van der Waals surface area (Å²) in [5.41, 5.74) is 4.31. The van der Waals surface area contributed by atoms with E-state index >= 15 is 0 Å². The van der Waals surface area contributed by atoms with Crippen molar-refractivity contribution in [3.63, 3.8) is 0 Å². The largest absolute Gasteiger partial charge is 0.340 e. The van der Waals surface area contributed by atoms with Crippen LogP contribution in [0.2, 0.25) is 10.0 Å². The van der Waals surface area contributed by atoms with Crippen molar-refractivity contribution >= 4 is 45.6 Å². The first-order valence-electron chi connectivity index (χ1n) is 12.9. The number of hydrogen-bond acceptors (Lipinski definition) is 6. The summed E-state index contributed by atoms with van der Waals surface area (Å²) in [4.78, 5) is 8.85. The number of rotatable bonds is 7. The minimum absolute atomic E-state index is 0.0212. The van der Waals surface area contributed by atoms with Crippen molar-refractivity contribution in [3.05, 3.63) is 106 Å². The first-order chi connectivity index (χ1) is 19.0. The van der Waals surface area contributed by atoms with Gasteiger partial charge in [0.1, 0.15) is 18.0 Å². The molecule has 2 N–H and O–H groups in total. The maximum absolute atomic E-state index is 13.7. The quantitative estimate of drug-likeness (QED) is 0.230. The minimum atomic E-state index is -0.482. The van der Waals surface area contributed by atoms with Crippen LogP contribution in [0.3, 0.4) is 0 Å². The molecule has 5 aromatic rings. The van der Waals surface area contributed by atoms with Gasteiger partial charge in [-0.2, -0.15) is 0 Å². The lowest BCUT2D eigenvalue weighted by atomic mass is 9.89. The predicted molar refractivity (Wildman–Crippen MR) is 152 cm³/mol. The van der Waals surface area contributed by atoms with Crippen LogP contribution in [0.4, 0.5) is 15.9 Å². The van der Waals surface area contributed by atoms with Crippen LogP contribution >= 0.6 is 23.2 Å². The van der Waals surface area contributed by atoms with Gasteiger partial charge in [0.15, 0.2) is 0 Å². The second kappa shape index (κ2) is 11.3. The number of halogens is 3. The molecule has 1 saturated heterocycles. The number of aromatic nitrogens is 5. The molecule has 0 spiro atoms. The van der Waals surface area contributed by atoms with Gasteiger partial charge in [-0.3, -0.25) is 0 Å². The molecule has 0 saturated carbocycles. The van der Waals surface area contributed by atoms with E-state index in [4.69, 9.17) is 23.2 Å². The smallest absolute Gasteiger partial charge is 0.141 e. The summed E-state index contributed by atoms with van der Waals surface area (Å²) >= 11 is 12.7. The molecule has 0 amide bonds. The molecule has 198 valence electrons. The third kappa shape index (κ3) is 5.59. The molecule has 0 unspecified atom stereocenters. The Morgan fingerprint density at radius 3 is 2.62 bits per heavy atom. The van der Waals surface area contributed by atoms with E-state index in [1.165, 1.54) is 18.5 Å². The second-order valence-electron chi connectivity index (χ2n) is 9.72. The summed E-state index contributed by atoms with van der Waals surface area (Å²) in [5.74, 6) is 0.0517. The van der Waals surface area contributed by atoms with Crippen molar-refractivity contribution in [2.75, 3.05) is 18.4 Å². The van der Waals surface area contributed by atoms with E-state index < -0.39 is 5.82 Å². The number of anilines is 2. The molecule has 0 radical (unpaired) electrons. The lowest BCUT2D eigenvalue weighted by Gasteiger charge is -2.22. The topological polar surface area (TPSA) is 80.5 Å². The maximum Gasteiger partial charge on any atom is 0.141 e. The molecule has 0 aliphatic carbocycles. The summed E-state index contributed by atoms with van der Waals surface area (Å²) < 4.78 is 15.7. The molecule has 1 atom stereocenters. The van der Waals surface area contributed by atoms with Gasteiger partial charge in [0.05, 0.1) is 27.3 Å². The molecule has 0 bridgehead atoms. The molecule has 7 nitrogen and oxygen atoms in total. The van der Waals surface area contributed by atoms with Gasteiger partial charge in [0.25, 0.3) is 0 Å². The van der Waals surface area contributed by atoms with Crippen LogP contribution in [0, 0.1) is 5.82 Å². The number of benzene rings is 3. The Balaban J connectivity index is 1.36. The highest BCUT2D eigenvalue weighted by Crippen LogP contribution is 2.34. The van der Waals surface area contributed by atoms with Crippen LogP contribution in [0.1, 0.15) is 41.6 Å². The normalized spacial score (nSPS) is 14.9. The van der Waals surface area contributed by atoms with Gasteiger partial charge in [0.2, 0.25) is 0 Å². The third-order valence-corrected chi connectivity index (χ3v) is 7.72. The van der Waals surface area contributed by atoms with Crippen molar-refractivity contribution < 1.29 is 4.39 Å². The van der Waals surface area contributed by atoms with Crippen LogP contribution in [-0.2, 0) is 6.42 Å². The first kappa shape index (κ1) is 25.7. The molecule has 1 fully saturated rings. The maximum atomic E-state index is 13.7. The van der Waals surface area contributed by atoms with Gasteiger partial charge in [-0.1, -0.05) is 58.7 Å². The third-order valence-electron chi connectivity index (χ3n) is 7.14. The SMILES string of the molecule is Fc1ccc(Nc2ncnc3c(Cl)cc(C[C@@H](c4ccccc4)c4cn(C5CCNCC5)nn4)cc23)cc1Cl. The average Bonchev–Trinajstić information content (AvgIpc) is 3.45. The zero-order valence-corrected chi connectivity index (χ0v) is 22.5. The van der Waals surface area contributed by atoms with E-state index in [1.54, 1.807) is 6.07 Å². The van der Waals surface area contributed by atoms with Crippen molar-refractivity contribution in [2.45, 2.75) is 31.2 Å².